The van der Waals surface area contributed by atoms with Crippen LogP contribution in [-0.2, 0) is 11.3 Å². The molecule has 0 spiro atoms. The summed E-state index contributed by atoms with van der Waals surface area (Å²) in [5, 5.41) is 4.21. The third kappa shape index (κ3) is 3.41. The molecule has 0 aliphatic carbocycles. The Hall–Kier alpha value is -2.16. The van der Waals surface area contributed by atoms with Crippen LogP contribution in [0.2, 0.25) is 0 Å². The zero-order chi connectivity index (χ0) is 13.5. The van der Waals surface area contributed by atoms with Crippen LogP contribution in [-0.4, -0.2) is 17.3 Å². The molecular weight excluding hydrogens is 236 g/mol. The highest BCUT2D eigenvalue weighted by Gasteiger charge is 2.09. The monoisotopic (exact) mass is 254 g/mol. The smallest absolute Gasteiger partial charge is 0.135 e. The molecule has 0 saturated heterocycles. The lowest BCUT2D eigenvalue weighted by Gasteiger charge is -2.07. The van der Waals surface area contributed by atoms with Gasteiger partial charge in [0.25, 0.3) is 0 Å². The van der Waals surface area contributed by atoms with Crippen molar-refractivity contribution >= 4 is 5.71 Å². The molecular formula is C16H18N2O. The van der Waals surface area contributed by atoms with E-state index in [-0.39, 0.29) is 0 Å². The van der Waals surface area contributed by atoms with Crippen LogP contribution in [0.25, 0.3) is 0 Å². The van der Waals surface area contributed by atoms with Crippen LogP contribution in [0.4, 0.5) is 0 Å². The lowest BCUT2D eigenvalue weighted by Crippen LogP contribution is -2.07. The average molecular weight is 254 g/mol. The number of hydrogen-bond acceptors (Lipinski definition) is 3. The Morgan fingerprint density at radius 3 is 2.74 bits per heavy atom. The molecule has 0 radical (unpaired) electrons. The molecule has 1 aromatic heterocycles. The van der Waals surface area contributed by atoms with E-state index < -0.39 is 0 Å². The standard InChI is InChI=1S/C16H18N2O/c1-3-13-8-7-9-14(12-13)16(18-19-4-2)15-10-5-6-11-17-15/h5-12H,3-4H2,1-2H3/b18-16+. The van der Waals surface area contributed by atoms with Crippen LogP contribution in [0.1, 0.15) is 30.7 Å². The summed E-state index contributed by atoms with van der Waals surface area (Å²) in [7, 11) is 0. The van der Waals surface area contributed by atoms with Gasteiger partial charge in [-0.2, -0.15) is 0 Å². The molecule has 0 unspecified atom stereocenters. The fourth-order valence-corrected chi connectivity index (χ4v) is 1.82. The number of nitrogens with zero attached hydrogens (tertiary/aromatic N) is 2. The Kier molecular flexibility index (Phi) is 4.67. The second-order valence-corrected chi connectivity index (χ2v) is 4.13. The van der Waals surface area contributed by atoms with E-state index in [4.69, 9.17) is 4.84 Å². The lowest BCUT2D eigenvalue weighted by molar-refractivity contribution is 0.159. The summed E-state index contributed by atoms with van der Waals surface area (Å²) in [6, 6.07) is 14.1. The fourth-order valence-electron chi connectivity index (χ4n) is 1.82. The van der Waals surface area contributed by atoms with Gasteiger partial charge in [0.2, 0.25) is 0 Å². The molecule has 0 aliphatic heterocycles. The summed E-state index contributed by atoms with van der Waals surface area (Å²) in [5.41, 5.74) is 3.91. The average Bonchev–Trinajstić information content (AvgIpc) is 2.49. The van der Waals surface area contributed by atoms with Gasteiger partial charge < -0.3 is 4.84 Å². The van der Waals surface area contributed by atoms with Crippen molar-refractivity contribution in [2.45, 2.75) is 20.3 Å². The van der Waals surface area contributed by atoms with Crippen LogP contribution < -0.4 is 0 Å². The van der Waals surface area contributed by atoms with Crippen molar-refractivity contribution in [3.05, 3.63) is 65.5 Å². The van der Waals surface area contributed by atoms with Gasteiger partial charge in [-0.25, -0.2) is 0 Å². The number of hydrogen-bond donors (Lipinski definition) is 0. The van der Waals surface area contributed by atoms with Gasteiger partial charge in [-0.3, -0.25) is 4.98 Å². The fraction of sp³-hybridized carbons (Fsp3) is 0.250. The molecule has 0 aliphatic rings. The molecule has 1 aromatic carbocycles. The van der Waals surface area contributed by atoms with Crippen molar-refractivity contribution in [2.24, 2.45) is 5.16 Å². The predicted octanol–water partition coefficient (Wildman–Crippen LogP) is 3.43. The largest absolute Gasteiger partial charge is 0.396 e. The first kappa shape index (κ1) is 13.3. The molecule has 3 heteroatoms. The van der Waals surface area contributed by atoms with Gasteiger partial charge in [0.1, 0.15) is 12.3 Å². The highest BCUT2D eigenvalue weighted by molar-refractivity contribution is 6.11. The van der Waals surface area contributed by atoms with Crippen LogP contribution in [0.5, 0.6) is 0 Å². The summed E-state index contributed by atoms with van der Waals surface area (Å²) in [4.78, 5) is 9.58. The van der Waals surface area contributed by atoms with E-state index in [9.17, 15) is 0 Å². The van der Waals surface area contributed by atoms with Crippen molar-refractivity contribution in [3.63, 3.8) is 0 Å². The Bertz CT molecular complexity index is 550. The van der Waals surface area contributed by atoms with Gasteiger partial charge in [0.15, 0.2) is 0 Å². The second kappa shape index (κ2) is 6.69. The molecule has 3 nitrogen and oxygen atoms in total. The summed E-state index contributed by atoms with van der Waals surface area (Å²) in [5.74, 6) is 0. The topological polar surface area (TPSA) is 34.5 Å². The number of rotatable bonds is 5. The molecule has 2 aromatic rings. The number of benzene rings is 1. The van der Waals surface area contributed by atoms with Crippen molar-refractivity contribution in [3.8, 4) is 0 Å². The van der Waals surface area contributed by atoms with Gasteiger partial charge >= 0.3 is 0 Å². The van der Waals surface area contributed by atoms with E-state index in [1.54, 1.807) is 6.20 Å². The molecule has 0 atom stereocenters. The molecule has 0 saturated carbocycles. The quantitative estimate of drug-likeness (QED) is 0.605. The summed E-state index contributed by atoms with van der Waals surface area (Å²) < 4.78 is 0. The maximum Gasteiger partial charge on any atom is 0.135 e. The Morgan fingerprint density at radius 1 is 1.16 bits per heavy atom. The molecule has 2 rings (SSSR count). The van der Waals surface area contributed by atoms with E-state index in [2.05, 4.69) is 29.2 Å². The van der Waals surface area contributed by atoms with E-state index in [1.807, 2.05) is 37.3 Å². The molecule has 0 N–H and O–H groups in total. The molecule has 0 bridgehead atoms. The SMILES string of the molecule is CCO/N=C(\c1cccc(CC)c1)c1ccccn1. The Balaban J connectivity index is 2.43. The zero-order valence-electron chi connectivity index (χ0n) is 11.3. The highest BCUT2D eigenvalue weighted by Crippen LogP contribution is 2.12. The van der Waals surface area contributed by atoms with Gasteiger partial charge in [0.05, 0.1) is 5.69 Å². The maximum absolute atomic E-state index is 5.23. The maximum atomic E-state index is 5.23. The summed E-state index contributed by atoms with van der Waals surface area (Å²) >= 11 is 0. The molecule has 98 valence electrons. The number of aryl methyl sites for hydroxylation is 1. The molecule has 0 amide bonds. The molecule has 19 heavy (non-hydrogen) atoms. The minimum absolute atomic E-state index is 0.545. The third-order valence-corrected chi connectivity index (χ3v) is 2.80. The van der Waals surface area contributed by atoms with Gasteiger partial charge in [-0.1, -0.05) is 36.3 Å². The number of oxime groups is 1. The van der Waals surface area contributed by atoms with Gasteiger partial charge in [-0.05, 0) is 37.1 Å². The van der Waals surface area contributed by atoms with Crippen molar-refractivity contribution in [1.29, 1.82) is 0 Å². The van der Waals surface area contributed by atoms with Crippen molar-refractivity contribution in [1.82, 2.24) is 4.98 Å². The Morgan fingerprint density at radius 2 is 2.05 bits per heavy atom. The summed E-state index contributed by atoms with van der Waals surface area (Å²) in [6.07, 6.45) is 2.76. The third-order valence-electron chi connectivity index (χ3n) is 2.80. The van der Waals surface area contributed by atoms with Crippen LogP contribution in [0, 0.1) is 0 Å². The molecule has 0 fully saturated rings. The van der Waals surface area contributed by atoms with E-state index in [0.29, 0.717) is 6.61 Å². The second-order valence-electron chi connectivity index (χ2n) is 4.13. The summed E-state index contributed by atoms with van der Waals surface area (Å²) in [6.45, 7) is 4.60. The van der Waals surface area contributed by atoms with Gasteiger partial charge in [0, 0.05) is 11.8 Å². The number of aromatic nitrogens is 1. The van der Waals surface area contributed by atoms with E-state index >= 15 is 0 Å². The van der Waals surface area contributed by atoms with Crippen molar-refractivity contribution < 1.29 is 4.84 Å². The van der Waals surface area contributed by atoms with Crippen LogP contribution in [0.15, 0.2) is 53.8 Å². The molecule has 1 heterocycles. The highest BCUT2D eigenvalue weighted by atomic mass is 16.6. The minimum Gasteiger partial charge on any atom is -0.396 e. The lowest BCUT2D eigenvalue weighted by atomic mass is 10.0. The first-order valence-corrected chi connectivity index (χ1v) is 6.55. The number of pyridine rings is 1. The van der Waals surface area contributed by atoms with Crippen LogP contribution in [0.3, 0.4) is 0 Å². The zero-order valence-corrected chi connectivity index (χ0v) is 11.3. The van der Waals surface area contributed by atoms with Crippen molar-refractivity contribution in [2.75, 3.05) is 6.61 Å². The van der Waals surface area contributed by atoms with Crippen LogP contribution >= 0.6 is 0 Å². The minimum atomic E-state index is 0.545. The first-order chi connectivity index (χ1) is 9.35. The van der Waals surface area contributed by atoms with E-state index in [1.165, 1.54) is 5.56 Å². The Labute approximate surface area is 113 Å². The van der Waals surface area contributed by atoms with E-state index in [0.717, 1.165) is 23.4 Å². The first-order valence-electron chi connectivity index (χ1n) is 6.55. The van der Waals surface area contributed by atoms with Gasteiger partial charge in [-0.15, -0.1) is 0 Å². The predicted molar refractivity (Wildman–Crippen MR) is 77.3 cm³/mol. The normalized spacial score (nSPS) is 11.4.